The summed E-state index contributed by atoms with van der Waals surface area (Å²) < 4.78 is 0. The zero-order valence-corrected chi connectivity index (χ0v) is 13.2. The Morgan fingerprint density at radius 2 is 1.55 bits per heavy atom. The van der Waals surface area contributed by atoms with Gasteiger partial charge in [0.05, 0.1) is 0 Å². The molecule has 2 heterocycles. The lowest BCUT2D eigenvalue weighted by Gasteiger charge is -2.31. The van der Waals surface area contributed by atoms with Crippen LogP contribution in [0.2, 0.25) is 5.82 Å². The van der Waals surface area contributed by atoms with Gasteiger partial charge < -0.3 is 0 Å². The molecule has 0 atom stereocenters. The van der Waals surface area contributed by atoms with Crippen molar-refractivity contribution in [2.75, 3.05) is 0 Å². The minimum Gasteiger partial charge on any atom is -0.271 e. The molecule has 1 aliphatic heterocycles. The fourth-order valence-corrected chi connectivity index (χ4v) is 4.28. The molecule has 1 saturated carbocycles. The third-order valence-corrected chi connectivity index (χ3v) is 5.42. The van der Waals surface area contributed by atoms with Crippen LogP contribution >= 0.6 is 0 Å². The average molecular weight is 288 g/mol. The number of rotatable bonds is 1. The summed E-state index contributed by atoms with van der Waals surface area (Å²) in [5.41, 5.74) is 5.42. The van der Waals surface area contributed by atoms with E-state index < -0.39 is 0 Å². The van der Waals surface area contributed by atoms with Crippen molar-refractivity contribution in [3.8, 4) is 11.1 Å². The zero-order chi connectivity index (χ0) is 14.8. The minimum atomic E-state index is 0.504. The second-order valence-corrected chi connectivity index (χ2v) is 6.82. The van der Waals surface area contributed by atoms with E-state index in [4.69, 9.17) is 4.98 Å². The molecule has 0 N–H and O–H groups in total. The number of benzene rings is 1. The van der Waals surface area contributed by atoms with E-state index in [1.165, 1.54) is 67.2 Å². The van der Waals surface area contributed by atoms with E-state index in [1.807, 2.05) is 6.20 Å². The van der Waals surface area contributed by atoms with E-state index in [0.29, 0.717) is 6.71 Å². The van der Waals surface area contributed by atoms with E-state index in [0.717, 1.165) is 5.82 Å². The lowest BCUT2D eigenvalue weighted by Crippen LogP contribution is -2.42. The zero-order valence-electron chi connectivity index (χ0n) is 13.2. The van der Waals surface area contributed by atoms with Crippen molar-refractivity contribution < 1.29 is 0 Å². The highest BCUT2D eigenvalue weighted by Crippen LogP contribution is 2.36. The molecule has 22 heavy (non-hydrogen) atoms. The van der Waals surface area contributed by atoms with Crippen LogP contribution in [-0.4, -0.2) is 11.7 Å². The average Bonchev–Trinajstić information content (AvgIpc) is 2.54. The summed E-state index contributed by atoms with van der Waals surface area (Å²) in [4.78, 5) is 4.80. The number of fused-ring (bicyclic) bond motifs is 3. The van der Waals surface area contributed by atoms with Crippen LogP contribution in [0, 0.1) is 6.32 Å². The van der Waals surface area contributed by atoms with E-state index >= 15 is 0 Å². The van der Waals surface area contributed by atoms with Crippen LogP contribution in [0.3, 0.4) is 0 Å². The fraction of sp³-hybridized carbons (Fsp3) is 0.400. The Hall–Kier alpha value is -1.57. The molecule has 0 spiro atoms. The van der Waals surface area contributed by atoms with Gasteiger partial charge in [0.2, 0.25) is 6.71 Å². The Morgan fingerprint density at radius 1 is 0.818 bits per heavy atom. The smallest absolute Gasteiger partial charge is 0.211 e. The van der Waals surface area contributed by atoms with Crippen molar-refractivity contribution in [3.63, 3.8) is 0 Å². The van der Waals surface area contributed by atoms with Gasteiger partial charge in [0.1, 0.15) is 0 Å². The summed E-state index contributed by atoms with van der Waals surface area (Å²) >= 11 is 0. The van der Waals surface area contributed by atoms with Crippen molar-refractivity contribution >= 4 is 12.3 Å². The fourth-order valence-electron chi connectivity index (χ4n) is 4.28. The number of nitrogens with zero attached hydrogens (tertiary/aromatic N) is 1. The molecule has 0 saturated heterocycles. The van der Waals surface area contributed by atoms with Crippen LogP contribution in [0.5, 0.6) is 0 Å². The molecule has 2 aromatic rings. The molecule has 1 nitrogen and oxygen atoms in total. The van der Waals surface area contributed by atoms with Crippen molar-refractivity contribution in [2.24, 2.45) is 0 Å². The molecule has 2 aliphatic rings. The van der Waals surface area contributed by atoms with Crippen molar-refractivity contribution in [3.05, 3.63) is 54.5 Å². The highest BCUT2D eigenvalue weighted by atomic mass is 14.7. The number of hydrogen-bond donors (Lipinski definition) is 0. The number of pyridine rings is 1. The maximum atomic E-state index is 4.80. The first-order valence-electron chi connectivity index (χ1n) is 8.83. The van der Waals surface area contributed by atoms with E-state index in [-0.39, 0.29) is 0 Å². The summed E-state index contributed by atoms with van der Waals surface area (Å²) in [5, 5.41) is 0. The maximum Gasteiger partial charge on any atom is 0.211 e. The van der Waals surface area contributed by atoms with Gasteiger partial charge in [-0.2, -0.15) is 0 Å². The molecule has 4 rings (SSSR count). The minimum absolute atomic E-state index is 0.504. The summed E-state index contributed by atoms with van der Waals surface area (Å²) in [7, 11) is 0. The topological polar surface area (TPSA) is 12.9 Å². The maximum absolute atomic E-state index is 4.80. The molecular formula is C20H23BN. The third-order valence-electron chi connectivity index (χ3n) is 5.42. The largest absolute Gasteiger partial charge is 0.271 e. The Labute approximate surface area is 134 Å². The van der Waals surface area contributed by atoms with Crippen LogP contribution in [0.25, 0.3) is 11.1 Å². The highest BCUT2D eigenvalue weighted by molar-refractivity contribution is 6.79. The van der Waals surface area contributed by atoms with E-state index in [2.05, 4.69) is 42.7 Å². The van der Waals surface area contributed by atoms with Crippen LogP contribution in [0.4, 0.5) is 0 Å². The highest BCUT2D eigenvalue weighted by Gasteiger charge is 2.34. The molecule has 0 bridgehead atoms. The SMILES string of the molecule is [CH]1B(C2CCCCCCC2)c2ncccc2-c2ccccc21. The van der Waals surface area contributed by atoms with Gasteiger partial charge in [0, 0.05) is 11.8 Å². The number of aromatic nitrogens is 1. The molecule has 1 aromatic heterocycles. The van der Waals surface area contributed by atoms with Gasteiger partial charge in [-0.3, -0.25) is 4.98 Å². The lowest BCUT2D eigenvalue weighted by atomic mass is 9.32. The van der Waals surface area contributed by atoms with Gasteiger partial charge in [-0.25, -0.2) is 0 Å². The molecule has 0 amide bonds. The van der Waals surface area contributed by atoms with Crippen LogP contribution < -0.4 is 5.59 Å². The Bertz CT molecular complexity index is 644. The van der Waals surface area contributed by atoms with Crippen molar-refractivity contribution in [1.29, 1.82) is 0 Å². The van der Waals surface area contributed by atoms with Crippen LogP contribution in [0.15, 0.2) is 42.6 Å². The van der Waals surface area contributed by atoms with Crippen LogP contribution in [-0.2, 0) is 0 Å². The summed E-state index contributed by atoms with van der Waals surface area (Å²) in [6.07, 6.45) is 14.2. The second kappa shape index (κ2) is 6.28. The van der Waals surface area contributed by atoms with Crippen molar-refractivity contribution in [2.45, 2.75) is 50.8 Å². The Balaban J connectivity index is 1.72. The molecule has 1 aliphatic carbocycles. The molecular weight excluding hydrogens is 265 g/mol. The van der Waals surface area contributed by atoms with Gasteiger partial charge >= 0.3 is 0 Å². The summed E-state index contributed by atoms with van der Waals surface area (Å²) in [5.74, 6) is 0.766. The molecule has 1 aromatic carbocycles. The van der Waals surface area contributed by atoms with Crippen LogP contribution in [0.1, 0.15) is 50.5 Å². The van der Waals surface area contributed by atoms with Gasteiger partial charge in [-0.15, -0.1) is 0 Å². The van der Waals surface area contributed by atoms with E-state index in [9.17, 15) is 0 Å². The molecule has 111 valence electrons. The second-order valence-electron chi connectivity index (χ2n) is 6.82. The molecule has 2 heteroatoms. The molecule has 0 unspecified atom stereocenters. The molecule has 1 fully saturated rings. The molecule has 1 radical (unpaired) electrons. The Morgan fingerprint density at radius 3 is 2.41 bits per heavy atom. The first-order valence-corrected chi connectivity index (χ1v) is 8.83. The van der Waals surface area contributed by atoms with E-state index in [1.54, 1.807) is 0 Å². The standard InChI is InChI=1S/C20H23BN/c1-2-4-10-17(11-5-3-1)21-15-16-9-6-7-12-18(16)19-13-8-14-22-20(19)21/h6-9,12-15,17H,1-5,10-11H2. The van der Waals surface area contributed by atoms with Gasteiger partial charge in [-0.05, 0) is 29.1 Å². The first-order chi connectivity index (χ1) is 10.9. The quantitative estimate of drug-likeness (QED) is 0.695. The predicted octanol–water partition coefficient (Wildman–Crippen LogP) is 4.67. The first kappa shape index (κ1) is 14.1. The van der Waals surface area contributed by atoms with Crippen molar-refractivity contribution in [1.82, 2.24) is 4.98 Å². The van der Waals surface area contributed by atoms with Gasteiger partial charge in [0.25, 0.3) is 0 Å². The predicted molar refractivity (Wildman–Crippen MR) is 94.5 cm³/mol. The van der Waals surface area contributed by atoms with Gasteiger partial charge in [-0.1, -0.05) is 81.1 Å². The monoisotopic (exact) mass is 288 g/mol. The number of hydrogen-bond acceptors (Lipinski definition) is 1. The van der Waals surface area contributed by atoms with Gasteiger partial charge in [0.15, 0.2) is 0 Å². The summed E-state index contributed by atoms with van der Waals surface area (Å²) in [6, 6.07) is 13.1. The normalized spacial score (nSPS) is 19.0. The lowest BCUT2D eigenvalue weighted by molar-refractivity contribution is 0.500. The summed E-state index contributed by atoms with van der Waals surface area (Å²) in [6.45, 7) is 0.504. The Kier molecular flexibility index (Phi) is 4.01. The third kappa shape index (κ3) is 2.60.